The van der Waals surface area contributed by atoms with Crippen molar-refractivity contribution in [1.82, 2.24) is 9.55 Å². The monoisotopic (exact) mass is 1030 g/mol. The van der Waals surface area contributed by atoms with Crippen LogP contribution in [0.3, 0.4) is 0 Å². The fourth-order valence-corrected chi connectivity index (χ4v) is 8.98. The van der Waals surface area contributed by atoms with Crippen molar-refractivity contribution in [3.05, 3.63) is 83.5 Å². The Kier molecular flexibility index (Phi) is 32.4. The lowest BCUT2D eigenvalue weighted by Crippen LogP contribution is -2.36. The van der Waals surface area contributed by atoms with Gasteiger partial charge in [-0.2, -0.15) is 9.29 Å². The van der Waals surface area contributed by atoms with Crippen LogP contribution in [0, 0.1) is 0 Å². The van der Waals surface area contributed by atoms with Crippen LogP contribution in [0.4, 0.5) is 5.82 Å². The number of carbonyl (C=O) groups excluding carboxylic acids is 2. The minimum atomic E-state index is -5.48. The van der Waals surface area contributed by atoms with Gasteiger partial charge >= 0.3 is 33.3 Å². The van der Waals surface area contributed by atoms with Crippen LogP contribution < -0.4 is 11.4 Å². The van der Waals surface area contributed by atoms with Gasteiger partial charge < -0.3 is 50.2 Å². The summed E-state index contributed by atoms with van der Waals surface area (Å²) >= 11 is 0. The number of aromatic nitrogens is 2. The van der Waals surface area contributed by atoms with Gasteiger partial charge in [0, 0.05) is 19.0 Å². The number of nitrogens with two attached hydrogens (primary N) is 1. The van der Waals surface area contributed by atoms with E-state index in [0.29, 0.717) is 12.8 Å². The summed E-state index contributed by atoms with van der Waals surface area (Å²) in [6, 6.07) is 1.23. The summed E-state index contributed by atoms with van der Waals surface area (Å²) in [5.41, 5.74) is 4.56. The summed E-state index contributed by atoms with van der Waals surface area (Å²) in [5.74, 6) is -1.55. The van der Waals surface area contributed by atoms with Gasteiger partial charge in [-0.1, -0.05) is 132 Å². The molecule has 2 rings (SSSR count). The SMILES string of the molecule is CCCCCC/C=C\CCCCCCCC(=O)OC[C@H](COP(=O)(O)OP(=O)(O)OC[C@H]1O[C@@H](n2ccc(N)nc2=O)[C@H](O)[C@@H]1O)OC(=O)CCC[C@H](O)/C=C/C=C\C/C=C\C=C\[C@H](O)CCCCC. The number of phosphoric acid groups is 2. The number of hydrogen-bond donors (Lipinski definition) is 7. The standard InChI is InChI=1S/C48H79N3O17P2/c1-3-5-7-8-9-10-11-12-13-14-18-21-25-31-43(54)63-35-40(66-44(55)32-26-30-39(53)29-24-20-17-15-16-19-23-28-38(52)27-22-6-4-2)36-64-69(59,60)68-70(61,62)65-37-41-45(56)46(57)47(67-41)51-34-33-42(49)50-48(51)58/h10-11,16-17,19-20,23-24,28-29,33-34,38-41,45-47,52-53,56-57H,3-9,12-15,18,21-22,25-27,30-32,35-37H2,1-2H3,(H,59,60)(H,61,62)(H2,49,50,58)/b11-10-,19-16-,20-17-,28-23+,29-24+/t38-,39-,40-,41-,45-,46-,47-/m1/s1. The third-order valence-corrected chi connectivity index (χ3v) is 13.4. The summed E-state index contributed by atoms with van der Waals surface area (Å²) in [4.78, 5) is 61.8. The summed E-state index contributed by atoms with van der Waals surface area (Å²) in [6.45, 7) is 1.79. The average molecular weight is 1030 g/mol. The van der Waals surface area contributed by atoms with Gasteiger partial charge in [-0.15, -0.1) is 0 Å². The quantitative estimate of drug-likeness (QED) is 0.0110. The van der Waals surface area contributed by atoms with E-state index in [-0.39, 0.29) is 31.5 Å². The number of aliphatic hydroxyl groups is 4. The van der Waals surface area contributed by atoms with E-state index in [1.165, 1.54) is 31.7 Å². The number of aliphatic hydroxyl groups excluding tert-OH is 4. The Labute approximate surface area is 412 Å². The highest BCUT2D eigenvalue weighted by Gasteiger charge is 2.46. The Morgan fingerprint density at radius 3 is 1.97 bits per heavy atom. The van der Waals surface area contributed by atoms with E-state index in [4.69, 9.17) is 29.0 Å². The smallest absolute Gasteiger partial charge is 0.462 e. The van der Waals surface area contributed by atoms with Crippen molar-refractivity contribution < 1.29 is 76.5 Å². The highest BCUT2D eigenvalue weighted by Crippen LogP contribution is 2.60. The molecule has 1 aliphatic rings. The van der Waals surface area contributed by atoms with Gasteiger partial charge in [0.2, 0.25) is 0 Å². The molecular formula is C48H79N3O17P2. The largest absolute Gasteiger partial charge is 0.481 e. The van der Waals surface area contributed by atoms with E-state index in [2.05, 4.69) is 35.3 Å². The second-order valence-corrected chi connectivity index (χ2v) is 20.0. The van der Waals surface area contributed by atoms with Crippen LogP contribution in [0.5, 0.6) is 0 Å². The lowest BCUT2D eigenvalue weighted by Gasteiger charge is -2.21. The van der Waals surface area contributed by atoms with Crippen molar-refractivity contribution in [3.8, 4) is 0 Å². The number of hydrogen-bond acceptors (Lipinski definition) is 17. The van der Waals surface area contributed by atoms with Crippen LogP contribution in [0.1, 0.15) is 148 Å². The molecule has 70 heavy (non-hydrogen) atoms. The Bertz CT molecular complexity index is 1940. The first kappa shape index (κ1) is 62.5. The summed E-state index contributed by atoms with van der Waals surface area (Å²) < 4.78 is 56.5. The van der Waals surface area contributed by atoms with Gasteiger partial charge in [0.05, 0.1) is 25.4 Å². The van der Waals surface area contributed by atoms with Gasteiger partial charge in [0.15, 0.2) is 12.3 Å². The predicted octanol–water partition coefficient (Wildman–Crippen LogP) is 7.49. The molecule has 0 spiro atoms. The predicted molar refractivity (Wildman–Crippen MR) is 264 cm³/mol. The number of rotatable bonds is 39. The third-order valence-electron chi connectivity index (χ3n) is 10.8. The van der Waals surface area contributed by atoms with Gasteiger partial charge in [-0.3, -0.25) is 23.2 Å². The molecule has 0 aromatic carbocycles. The summed E-state index contributed by atoms with van der Waals surface area (Å²) in [5, 5.41) is 41.2. The second kappa shape index (κ2) is 36.3. The fourth-order valence-electron chi connectivity index (χ4n) is 6.87. The number of phosphoric ester groups is 2. The van der Waals surface area contributed by atoms with E-state index in [1.807, 2.05) is 24.3 Å². The maximum Gasteiger partial charge on any atom is 0.481 e. The van der Waals surface area contributed by atoms with Crippen LogP contribution in [-0.4, -0.2) is 108 Å². The molecular weight excluding hydrogens is 952 g/mol. The molecule has 0 amide bonds. The molecule has 22 heteroatoms. The van der Waals surface area contributed by atoms with Crippen molar-refractivity contribution in [3.63, 3.8) is 0 Å². The van der Waals surface area contributed by atoms with Crippen LogP contribution in [-0.2, 0) is 46.3 Å². The molecule has 1 aliphatic heterocycles. The van der Waals surface area contributed by atoms with Crippen LogP contribution in [0.2, 0.25) is 0 Å². The number of nitrogen functional groups attached to an aromatic ring is 1. The second-order valence-electron chi connectivity index (χ2n) is 17.0. The molecule has 2 unspecified atom stereocenters. The average Bonchev–Trinajstić information content (AvgIpc) is 3.58. The lowest BCUT2D eigenvalue weighted by atomic mass is 10.1. The van der Waals surface area contributed by atoms with E-state index >= 15 is 0 Å². The molecule has 9 atom stereocenters. The van der Waals surface area contributed by atoms with Crippen molar-refractivity contribution in [2.24, 2.45) is 0 Å². The number of nitrogens with zero attached hydrogens (tertiary/aromatic N) is 2. The maximum atomic E-state index is 12.8. The molecule has 1 fully saturated rings. The Balaban J connectivity index is 1.89. The van der Waals surface area contributed by atoms with Crippen molar-refractivity contribution in [1.29, 1.82) is 0 Å². The normalized spacial score (nSPS) is 20.7. The first-order valence-electron chi connectivity index (χ1n) is 24.5. The number of allylic oxidation sites excluding steroid dienone is 8. The molecule has 398 valence electrons. The minimum Gasteiger partial charge on any atom is -0.462 e. The van der Waals surface area contributed by atoms with Crippen molar-refractivity contribution in [2.75, 3.05) is 25.6 Å². The minimum absolute atomic E-state index is 0.0650. The number of ether oxygens (including phenoxy) is 3. The molecule has 1 aromatic heterocycles. The molecule has 8 N–H and O–H groups in total. The molecule has 1 aromatic rings. The van der Waals surface area contributed by atoms with Crippen LogP contribution in [0.25, 0.3) is 0 Å². The Morgan fingerprint density at radius 1 is 0.757 bits per heavy atom. The van der Waals surface area contributed by atoms with Crippen LogP contribution >= 0.6 is 15.6 Å². The van der Waals surface area contributed by atoms with E-state index < -0.39 is 95.9 Å². The number of carbonyl (C=O) groups is 2. The lowest BCUT2D eigenvalue weighted by molar-refractivity contribution is -0.161. The molecule has 2 heterocycles. The van der Waals surface area contributed by atoms with Crippen LogP contribution in [0.15, 0.2) is 77.8 Å². The van der Waals surface area contributed by atoms with Gasteiger partial charge in [0.1, 0.15) is 30.7 Å². The summed E-state index contributed by atoms with van der Waals surface area (Å²) in [6.07, 6.45) is 26.6. The highest BCUT2D eigenvalue weighted by molar-refractivity contribution is 7.61. The molecule has 0 saturated carbocycles. The zero-order valence-electron chi connectivity index (χ0n) is 40.8. The number of esters is 2. The molecule has 0 radical (unpaired) electrons. The first-order valence-corrected chi connectivity index (χ1v) is 27.5. The maximum absolute atomic E-state index is 12.8. The molecule has 0 bridgehead atoms. The van der Waals surface area contributed by atoms with Gasteiger partial charge in [-0.25, -0.2) is 13.9 Å². The topological polar surface area (TPSA) is 306 Å². The Hall–Kier alpha value is -3.62. The Morgan fingerprint density at radius 2 is 1.33 bits per heavy atom. The summed E-state index contributed by atoms with van der Waals surface area (Å²) in [7, 11) is -11.0. The highest BCUT2D eigenvalue weighted by atomic mass is 31.3. The van der Waals surface area contributed by atoms with E-state index in [9.17, 15) is 53.7 Å². The van der Waals surface area contributed by atoms with Crippen molar-refractivity contribution in [2.45, 2.75) is 185 Å². The molecule has 0 aliphatic carbocycles. The van der Waals surface area contributed by atoms with E-state index in [1.54, 1.807) is 24.3 Å². The number of unbranched alkanes of at least 4 members (excludes halogenated alkanes) is 11. The van der Waals surface area contributed by atoms with Gasteiger partial charge in [0.25, 0.3) is 0 Å². The molecule has 20 nitrogen and oxygen atoms in total. The number of anilines is 1. The zero-order chi connectivity index (χ0) is 51.6. The van der Waals surface area contributed by atoms with Gasteiger partial charge in [-0.05, 0) is 63.9 Å². The fraction of sp³-hybridized carbons (Fsp3) is 0.667. The van der Waals surface area contributed by atoms with E-state index in [0.717, 1.165) is 75.0 Å². The molecule has 1 saturated heterocycles. The van der Waals surface area contributed by atoms with Crippen molar-refractivity contribution >= 4 is 33.4 Å². The first-order chi connectivity index (χ1) is 33.5. The third kappa shape index (κ3) is 29.0. The zero-order valence-corrected chi connectivity index (χ0v) is 42.6.